The van der Waals surface area contributed by atoms with Gasteiger partial charge in [0.1, 0.15) is 12.2 Å². The monoisotopic (exact) mass is 259 g/mol. The Kier molecular flexibility index (Phi) is 3.70. The minimum absolute atomic E-state index is 0.0823. The van der Waals surface area contributed by atoms with Gasteiger partial charge in [-0.25, -0.2) is 4.68 Å². The molecule has 6 nitrogen and oxygen atoms in total. The first-order valence-corrected chi connectivity index (χ1v) is 5.70. The third kappa shape index (κ3) is 2.67. The first kappa shape index (κ1) is 12.9. The van der Waals surface area contributed by atoms with E-state index in [0.29, 0.717) is 5.69 Å². The third-order valence-electron chi connectivity index (χ3n) is 2.62. The molecule has 0 aliphatic carbocycles. The maximum atomic E-state index is 11.6. The molecule has 0 atom stereocenters. The number of methoxy groups -OCH3 is 1. The normalized spacial score (nSPS) is 10.2. The summed E-state index contributed by atoms with van der Waals surface area (Å²) in [6, 6.07) is 9.21. The third-order valence-corrected chi connectivity index (χ3v) is 2.62. The van der Waals surface area contributed by atoms with Gasteiger partial charge in [0.15, 0.2) is 11.5 Å². The summed E-state index contributed by atoms with van der Waals surface area (Å²) in [4.78, 5) is 22.9. The lowest BCUT2D eigenvalue weighted by molar-refractivity contribution is -0.141. The number of hydrogen-bond donors (Lipinski definition) is 0. The first-order valence-electron chi connectivity index (χ1n) is 5.70. The van der Waals surface area contributed by atoms with Gasteiger partial charge in [-0.2, -0.15) is 0 Å². The highest BCUT2D eigenvalue weighted by molar-refractivity contribution is 5.98. The van der Waals surface area contributed by atoms with Crippen molar-refractivity contribution in [2.75, 3.05) is 7.11 Å². The molecule has 0 bridgehead atoms. The van der Waals surface area contributed by atoms with Crippen LogP contribution in [0.15, 0.2) is 30.3 Å². The van der Waals surface area contributed by atoms with E-state index in [-0.39, 0.29) is 18.0 Å². The minimum Gasteiger partial charge on any atom is -0.468 e. The average molecular weight is 259 g/mol. The molecular weight excluding hydrogens is 246 g/mol. The van der Waals surface area contributed by atoms with E-state index in [1.807, 2.05) is 30.3 Å². The van der Waals surface area contributed by atoms with E-state index < -0.39 is 5.97 Å². The zero-order chi connectivity index (χ0) is 13.8. The number of rotatable bonds is 4. The Balaban J connectivity index is 2.51. The fourth-order valence-corrected chi connectivity index (χ4v) is 1.73. The van der Waals surface area contributed by atoms with Crippen LogP contribution in [0.2, 0.25) is 0 Å². The van der Waals surface area contributed by atoms with Crippen LogP contribution in [0.4, 0.5) is 0 Å². The highest BCUT2D eigenvalue weighted by Gasteiger charge is 2.19. The maximum Gasteiger partial charge on any atom is 0.327 e. The molecule has 0 aliphatic rings. The van der Waals surface area contributed by atoms with Gasteiger partial charge in [-0.05, 0) is 0 Å². The van der Waals surface area contributed by atoms with Gasteiger partial charge >= 0.3 is 5.97 Å². The molecule has 6 heteroatoms. The molecular formula is C13H13N3O3. The second-order valence-corrected chi connectivity index (χ2v) is 3.94. The van der Waals surface area contributed by atoms with Crippen molar-refractivity contribution < 1.29 is 14.3 Å². The maximum absolute atomic E-state index is 11.6. The first-order chi connectivity index (χ1) is 9.13. The SMILES string of the molecule is COC(=O)Cn1nnc(C(C)=O)c1-c1ccccc1. The molecule has 0 fully saturated rings. The molecule has 0 saturated heterocycles. The Bertz CT molecular complexity index is 605. The Labute approximate surface area is 110 Å². The fourth-order valence-electron chi connectivity index (χ4n) is 1.73. The fraction of sp³-hybridized carbons (Fsp3) is 0.231. The number of carbonyl (C=O) groups excluding carboxylic acids is 2. The van der Waals surface area contributed by atoms with E-state index in [1.165, 1.54) is 18.7 Å². The molecule has 0 radical (unpaired) electrons. The zero-order valence-electron chi connectivity index (χ0n) is 10.7. The molecule has 0 saturated carbocycles. The van der Waals surface area contributed by atoms with Gasteiger partial charge in [0.05, 0.1) is 7.11 Å². The largest absolute Gasteiger partial charge is 0.468 e. The Morgan fingerprint density at radius 1 is 1.26 bits per heavy atom. The topological polar surface area (TPSA) is 74.1 Å². The second-order valence-electron chi connectivity index (χ2n) is 3.94. The van der Waals surface area contributed by atoms with Crippen molar-refractivity contribution in [2.45, 2.75) is 13.5 Å². The number of esters is 1. The summed E-state index contributed by atoms with van der Waals surface area (Å²) in [5, 5.41) is 7.68. The van der Waals surface area contributed by atoms with Crippen LogP contribution in [0.3, 0.4) is 0 Å². The van der Waals surface area contributed by atoms with Crippen molar-refractivity contribution in [2.24, 2.45) is 0 Å². The summed E-state index contributed by atoms with van der Waals surface area (Å²) in [5.74, 6) is -0.646. The number of ketones is 1. The predicted octanol–water partition coefficient (Wildman–Crippen LogP) is 1.32. The van der Waals surface area contributed by atoms with Gasteiger partial charge in [0.2, 0.25) is 0 Å². The highest BCUT2D eigenvalue weighted by Crippen LogP contribution is 2.22. The number of ether oxygens (including phenoxy) is 1. The number of benzene rings is 1. The van der Waals surface area contributed by atoms with Crippen molar-refractivity contribution in [3.05, 3.63) is 36.0 Å². The Morgan fingerprint density at radius 2 is 1.95 bits per heavy atom. The predicted molar refractivity (Wildman–Crippen MR) is 67.5 cm³/mol. The molecule has 0 spiro atoms. The van der Waals surface area contributed by atoms with Crippen LogP contribution >= 0.6 is 0 Å². The number of hydrogen-bond acceptors (Lipinski definition) is 5. The standard InChI is InChI=1S/C13H13N3O3/c1-9(17)12-13(10-6-4-3-5-7-10)16(15-14-12)8-11(18)19-2/h3-7H,8H2,1-2H3. The quantitative estimate of drug-likeness (QED) is 0.611. The molecule has 1 heterocycles. The van der Waals surface area contributed by atoms with Gasteiger partial charge < -0.3 is 4.74 Å². The Hall–Kier alpha value is -2.50. The summed E-state index contributed by atoms with van der Waals surface area (Å²) < 4.78 is 5.98. The van der Waals surface area contributed by atoms with Crippen LogP contribution in [-0.4, -0.2) is 33.9 Å². The molecule has 1 aromatic heterocycles. The highest BCUT2D eigenvalue weighted by atomic mass is 16.5. The number of nitrogens with zero attached hydrogens (tertiary/aromatic N) is 3. The van der Waals surface area contributed by atoms with Crippen LogP contribution in [0.5, 0.6) is 0 Å². The Morgan fingerprint density at radius 3 is 2.53 bits per heavy atom. The van der Waals surface area contributed by atoms with Crippen molar-refractivity contribution >= 4 is 11.8 Å². The van der Waals surface area contributed by atoms with Gasteiger partial charge in [0.25, 0.3) is 0 Å². The summed E-state index contributed by atoms with van der Waals surface area (Å²) in [6.07, 6.45) is 0. The van der Waals surface area contributed by atoms with Gasteiger partial charge in [-0.15, -0.1) is 5.10 Å². The molecule has 2 rings (SSSR count). The molecule has 2 aromatic rings. The van der Waals surface area contributed by atoms with E-state index in [1.54, 1.807) is 0 Å². The molecule has 1 aromatic carbocycles. The summed E-state index contributed by atoms with van der Waals surface area (Å²) in [5.41, 5.74) is 1.55. The molecule has 0 aliphatic heterocycles. The van der Waals surface area contributed by atoms with Crippen molar-refractivity contribution in [1.29, 1.82) is 0 Å². The van der Waals surface area contributed by atoms with Crippen LogP contribution in [0.25, 0.3) is 11.3 Å². The van der Waals surface area contributed by atoms with Gasteiger partial charge in [0, 0.05) is 12.5 Å². The van der Waals surface area contributed by atoms with E-state index in [4.69, 9.17) is 0 Å². The second kappa shape index (κ2) is 5.43. The van der Waals surface area contributed by atoms with Crippen molar-refractivity contribution in [1.82, 2.24) is 15.0 Å². The molecule has 19 heavy (non-hydrogen) atoms. The van der Waals surface area contributed by atoms with E-state index >= 15 is 0 Å². The van der Waals surface area contributed by atoms with Crippen LogP contribution in [-0.2, 0) is 16.1 Å². The molecule has 0 amide bonds. The van der Waals surface area contributed by atoms with Gasteiger partial charge in [-0.1, -0.05) is 35.5 Å². The smallest absolute Gasteiger partial charge is 0.327 e. The van der Waals surface area contributed by atoms with Crippen molar-refractivity contribution in [3.8, 4) is 11.3 Å². The number of aromatic nitrogens is 3. The summed E-state index contributed by atoms with van der Waals surface area (Å²) >= 11 is 0. The average Bonchev–Trinajstić information content (AvgIpc) is 2.83. The lowest BCUT2D eigenvalue weighted by Gasteiger charge is -2.06. The molecule has 0 N–H and O–H groups in total. The number of carbonyl (C=O) groups is 2. The lowest BCUT2D eigenvalue weighted by Crippen LogP contribution is -2.14. The lowest BCUT2D eigenvalue weighted by atomic mass is 10.1. The minimum atomic E-state index is -0.447. The van der Waals surface area contributed by atoms with Crippen LogP contribution < -0.4 is 0 Å². The zero-order valence-corrected chi connectivity index (χ0v) is 10.7. The van der Waals surface area contributed by atoms with E-state index in [0.717, 1.165) is 5.56 Å². The molecule has 0 unspecified atom stereocenters. The summed E-state index contributed by atoms with van der Waals surface area (Å²) in [6.45, 7) is 1.33. The number of Topliss-reactive ketones (excluding diaryl/α,β-unsaturated/α-hetero) is 1. The van der Waals surface area contributed by atoms with Crippen LogP contribution in [0.1, 0.15) is 17.4 Å². The van der Waals surface area contributed by atoms with Crippen LogP contribution in [0, 0.1) is 0 Å². The summed E-state index contributed by atoms with van der Waals surface area (Å²) in [7, 11) is 1.30. The molecule has 98 valence electrons. The van der Waals surface area contributed by atoms with E-state index in [9.17, 15) is 9.59 Å². The van der Waals surface area contributed by atoms with Crippen molar-refractivity contribution in [3.63, 3.8) is 0 Å². The van der Waals surface area contributed by atoms with Gasteiger partial charge in [-0.3, -0.25) is 9.59 Å². The van der Waals surface area contributed by atoms with E-state index in [2.05, 4.69) is 15.0 Å².